The fourth-order valence-electron chi connectivity index (χ4n) is 2.93. The van der Waals surface area contributed by atoms with Gasteiger partial charge in [0.15, 0.2) is 17.4 Å². The zero-order valence-corrected chi connectivity index (χ0v) is 18.4. The number of fused-ring (bicyclic) bond motifs is 1. The van der Waals surface area contributed by atoms with Crippen LogP contribution in [0.4, 0.5) is 18.3 Å². The number of carbonyl (C=O) groups is 1. The molecule has 0 radical (unpaired) electrons. The molecule has 4 rings (SSSR count). The van der Waals surface area contributed by atoms with Gasteiger partial charge >= 0.3 is 6.18 Å². The molecular formula is C21H16ClF3N4O2S. The summed E-state index contributed by atoms with van der Waals surface area (Å²) in [5, 5.41) is 6.72. The van der Waals surface area contributed by atoms with Crippen molar-refractivity contribution in [2.45, 2.75) is 20.0 Å². The minimum absolute atomic E-state index is 0.179. The summed E-state index contributed by atoms with van der Waals surface area (Å²) in [6, 6.07) is 10.9. The number of para-hydroxylation sites is 1. The first-order valence-electron chi connectivity index (χ1n) is 9.34. The van der Waals surface area contributed by atoms with Crippen molar-refractivity contribution in [3.8, 4) is 11.6 Å². The monoisotopic (exact) mass is 480 g/mol. The molecule has 2 aromatic carbocycles. The minimum Gasteiger partial charge on any atom is -0.467 e. The molecule has 1 amide bonds. The second kappa shape index (κ2) is 8.44. The normalized spacial score (nSPS) is 11.7. The van der Waals surface area contributed by atoms with Gasteiger partial charge in [0.05, 0.1) is 20.9 Å². The number of benzene rings is 2. The average Bonchev–Trinajstić information content (AvgIpc) is 3.30. The van der Waals surface area contributed by atoms with Crippen molar-refractivity contribution in [1.82, 2.24) is 14.8 Å². The van der Waals surface area contributed by atoms with Crippen molar-refractivity contribution in [2.75, 3.05) is 11.9 Å². The molecule has 0 saturated heterocycles. The van der Waals surface area contributed by atoms with Crippen LogP contribution < -0.4 is 10.1 Å². The lowest BCUT2D eigenvalue weighted by molar-refractivity contribution is -0.141. The van der Waals surface area contributed by atoms with Gasteiger partial charge in [-0.25, -0.2) is 4.98 Å². The highest BCUT2D eigenvalue weighted by Crippen LogP contribution is 2.34. The number of hydrogen-bond acceptors (Lipinski definition) is 5. The molecule has 0 aliphatic heterocycles. The van der Waals surface area contributed by atoms with Crippen LogP contribution in [0.25, 0.3) is 15.9 Å². The van der Waals surface area contributed by atoms with Crippen LogP contribution in [0, 0.1) is 13.8 Å². The van der Waals surface area contributed by atoms with Crippen molar-refractivity contribution in [2.24, 2.45) is 0 Å². The lowest BCUT2D eigenvalue weighted by Gasteiger charge is -2.10. The van der Waals surface area contributed by atoms with Gasteiger partial charge in [0.1, 0.15) is 0 Å². The number of aromatic nitrogens is 3. The fraction of sp³-hybridized carbons (Fsp3) is 0.190. The number of aryl methyl sites for hydroxylation is 2. The summed E-state index contributed by atoms with van der Waals surface area (Å²) in [6.45, 7) is 3.41. The Bertz CT molecular complexity index is 1280. The van der Waals surface area contributed by atoms with Gasteiger partial charge in [0.25, 0.3) is 5.91 Å². The van der Waals surface area contributed by atoms with Crippen LogP contribution in [0.15, 0.2) is 42.5 Å². The molecule has 0 atom stereocenters. The van der Waals surface area contributed by atoms with E-state index in [1.54, 1.807) is 12.1 Å². The van der Waals surface area contributed by atoms with Gasteiger partial charge < -0.3 is 4.74 Å². The molecule has 0 bridgehead atoms. The van der Waals surface area contributed by atoms with Crippen LogP contribution >= 0.6 is 22.9 Å². The maximum absolute atomic E-state index is 13.2. The predicted octanol–water partition coefficient (Wildman–Crippen LogP) is 5.79. The van der Waals surface area contributed by atoms with E-state index in [-0.39, 0.29) is 16.6 Å². The van der Waals surface area contributed by atoms with Gasteiger partial charge in [0.2, 0.25) is 5.88 Å². The van der Waals surface area contributed by atoms with Gasteiger partial charge in [-0.2, -0.15) is 23.0 Å². The van der Waals surface area contributed by atoms with Crippen molar-refractivity contribution in [1.29, 1.82) is 0 Å². The average molecular weight is 481 g/mol. The molecular weight excluding hydrogens is 465 g/mol. The molecule has 0 saturated carbocycles. The van der Waals surface area contributed by atoms with Crippen LogP contribution in [0.1, 0.15) is 16.8 Å². The molecule has 0 spiro atoms. The lowest BCUT2D eigenvalue weighted by Crippen LogP contribution is -2.21. The summed E-state index contributed by atoms with van der Waals surface area (Å²) in [4.78, 5) is 16.7. The summed E-state index contributed by atoms with van der Waals surface area (Å²) in [5.41, 5.74) is 1.97. The molecule has 2 aromatic heterocycles. The number of nitrogens with zero attached hydrogens (tertiary/aromatic N) is 3. The lowest BCUT2D eigenvalue weighted by atomic mass is 10.1. The molecule has 32 heavy (non-hydrogen) atoms. The number of hydrogen-bond donors (Lipinski definition) is 1. The number of thiazole rings is 1. The number of amides is 1. The Hall–Kier alpha value is -3.11. The first-order chi connectivity index (χ1) is 15.1. The van der Waals surface area contributed by atoms with Crippen LogP contribution in [-0.2, 0) is 11.0 Å². The van der Waals surface area contributed by atoms with Gasteiger partial charge in [-0.3, -0.25) is 10.1 Å². The topological polar surface area (TPSA) is 69.0 Å². The second-order valence-corrected chi connectivity index (χ2v) is 8.43. The Labute approximate surface area is 189 Å². The minimum atomic E-state index is -4.69. The summed E-state index contributed by atoms with van der Waals surface area (Å²) in [6.07, 6.45) is -4.69. The molecule has 0 fully saturated rings. The highest BCUT2D eigenvalue weighted by Gasteiger charge is 2.36. The van der Waals surface area contributed by atoms with Gasteiger partial charge in [-0.05, 0) is 49.2 Å². The largest absolute Gasteiger partial charge is 0.467 e. The van der Waals surface area contributed by atoms with E-state index in [1.165, 1.54) is 23.5 Å². The molecule has 0 aliphatic rings. The number of ether oxygens (including phenoxy) is 1. The standard InChI is InChI=1S/C21H16ClF3N4O2S/c1-11-7-14-16(8-12(11)2)32-20(26-14)27-18(30)10-31-19-9-17(21(23,24)25)28-29(19)15-6-4-3-5-13(15)22/h3-9H,10H2,1-2H3,(H,26,27,30). The predicted molar refractivity (Wildman–Crippen MR) is 117 cm³/mol. The Morgan fingerprint density at radius 2 is 1.91 bits per heavy atom. The zero-order valence-electron chi connectivity index (χ0n) is 16.8. The van der Waals surface area contributed by atoms with Gasteiger partial charge in [-0.15, -0.1) is 0 Å². The molecule has 0 unspecified atom stereocenters. The highest BCUT2D eigenvalue weighted by atomic mass is 35.5. The molecule has 11 heteroatoms. The van der Waals surface area contributed by atoms with Gasteiger partial charge in [0, 0.05) is 6.07 Å². The third-order valence-corrected chi connectivity index (χ3v) is 5.90. The van der Waals surface area contributed by atoms with E-state index in [0.717, 1.165) is 32.1 Å². The SMILES string of the molecule is Cc1cc2nc(NC(=O)COc3cc(C(F)(F)F)nn3-c3ccccc3Cl)sc2cc1C. The Morgan fingerprint density at radius 1 is 1.19 bits per heavy atom. The zero-order chi connectivity index (χ0) is 23.0. The van der Waals surface area contributed by atoms with Crippen LogP contribution in [0.3, 0.4) is 0 Å². The number of carbonyl (C=O) groups excluding carboxylic acids is 1. The second-order valence-electron chi connectivity index (χ2n) is 6.99. The maximum atomic E-state index is 13.2. The third-order valence-electron chi connectivity index (χ3n) is 4.65. The number of alkyl halides is 3. The van der Waals surface area contributed by atoms with E-state index < -0.39 is 24.4 Å². The van der Waals surface area contributed by atoms with Crippen molar-refractivity contribution in [3.05, 3.63) is 64.3 Å². The maximum Gasteiger partial charge on any atom is 0.435 e. The number of nitrogens with one attached hydrogen (secondary N) is 1. The van der Waals surface area contributed by atoms with Gasteiger partial charge in [-0.1, -0.05) is 35.1 Å². The summed E-state index contributed by atoms with van der Waals surface area (Å²) < 4.78 is 46.8. The van der Waals surface area contributed by atoms with Crippen molar-refractivity contribution < 1.29 is 22.7 Å². The smallest absolute Gasteiger partial charge is 0.435 e. The number of halogens is 4. The summed E-state index contributed by atoms with van der Waals surface area (Å²) in [7, 11) is 0. The van der Waals surface area contributed by atoms with Crippen molar-refractivity contribution in [3.63, 3.8) is 0 Å². The van der Waals surface area contributed by atoms with E-state index >= 15 is 0 Å². The summed E-state index contributed by atoms with van der Waals surface area (Å²) >= 11 is 7.40. The van der Waals surface area contributed by atoms with E-state index in [1.807, 2.05) is 26.0 Å². The molecule has 4 aromatic rings. The Morgan fingerprint density at radius 3 is 2.62 bits per heavy atom. The quantitative estimate of drug-likeness (QED) is 0.392. The third kappa shape index (κ3) is 4.56. The van der Waals surface area contributed by atoms with Crippen LogP contribution in [0.5, 0.6) is 5.88 Å². The Balaban J connectivity index is 1.53. The number of rotatable bonds is 5. The van der Waals surface area contributed by atoms with Crippen molar-refractivity contribution >= 4 is 44.2 Å². The van der Waals surface area contributed by atoms with E-state index in [2.05, 4.69) is 15.4 Å². The molecule has 2 heterocycles. The molecule has 1 N–H and O–H groups in total. The van der Waals surface area contributed by atoms with E-state index in [4.69, 9.17) is 16.3 Å². The van der Waals surface area contributed by atoms with Crippen LogP contribution in [0.2, 0.25) is 5.02 Å². The van der Waals surface area contributed by atoms with E-state index in [0.29, 0.717) is 5.13 Å². The van der Waals surface area contributed by atoms with E-state index in [9.17, 15) is 18.0 Å². The first-order valence-corrected chi connectivity index (χ1v) is 10.5. The fourth-order valence-corrected chi connectivity index (χ4v) is 4.11. The first kappa shape index (κ1) is 22.1. The molecule has 6 nitrogen and oxygen atoms in total. The number of anilines is 1. The molecule has 0 aliphatic carbocycles. The summed E-state index contributed by atoms with van der Waals surface area (Å²) in [5.74, 6) is -0.839. The highest BCUT2D eigenvalue weighted by molar-refractivity contribution is 7.22. The molecule has 166 valence electrons. The Kier molecular flexibility index (Phi) is 5.83. The van der Waals surface area contributed by atoms with Crippen LogP contribution in [-0.4, -0.2) is 27.3 Å².